The lowest BCUT2D eigenvalue weighted by atomic mass is 10.1. The molecule has 0 amide bonds. The average Bonchev–Trinajstić information content (AvgIpc) is 3.34. The normalized spacial score (nSPS) is 20.8. The molecular formula is C22H32O3. The van der Waals surface area contributed by atoms with E-state index in [0.717, 1.165) is 38.5 Å². The van der Waals surface area contributed by atoms with Crippen molar-refractivity contribution in [3.8, 4) is 0 Å². The molecule has 0 spiro atoms. The summed E-state index contributed by atoms with van der Waals surface area (Å²) in [5.41, 5.74) is 0. The van der Waals surface area contributed by atoms with E-state index in [1.54, 1.807) is 0 Å². The highest BCUT2D eigenvalue weighted by Crippen LogP contribution is 2.29. The molecule has 25 heavy (non-hydrogen) atoms. The number of carboxylic acids is 1. The second kappa shape index (κ2) is 14.5. The van der Waals surface area contributed by atoms with Gasteiger partial charge in [-0.05, 0) is 44.9 Å². The molecule has 3 heteroatoms. The quantitative estimate of drug-likeness (QED) is 0.322. The van der Waals surface area contributed by atoms with Crippen molar-refractivity contribution in [1.82, 2.24) is 0 Å². The van der Waals surface area contributed by atoms with Crippen LogP contribution < -0.4 is 0 Å². The SMILES string of the molecule is CCC=CCC=CCC=CCC1OC1CC=CCC=CCCC(=O)O. The molecule has 3 nitrogen and oxygen atoms in total. The van der Waals surface area contributed by atoms with Gasteiger partial charge in [0.1, 0.15) is 0 Å². The molecule has 2 atom stereocenters. The van der Waals surface area contributed by atoms with Crippen molar-refractivity contribution in [3.05, 3.63) is 60.8 Å². The molecule has 1 rings (SSSR count). The van der Waals surface area contributed by atoms with Crippen molar-refractivity contribution in [2.24, 2.45) is 0 Å². The number of carboxylic acid groups (broad SMARTS) is 1. The van der Waals surface area contributed by atoms with Crippen LogP contribution in [0.25, 0.3) is 0 Å². The van der Waals surface area contributed by atoms with Crippen molar-refractivity contribution in [2.75, 3.05) is 0 Å². The number of hydrogen-bond acceptors (Lipinski definition) is 2. The van der Waals surface area contributed by atoms with Gasteiger partial charge in [0.05, 0.1) is 12.2 Å². The summed E-state index contributed by atoms with van der Waals surface area (Å²) in [6, 6.07) is 0. The lowest BCUT2D eigenvalue weighted by molar-refractivity contribution is -0.136. The van der Waals surface area contributed by atoms with Gasteiger partial charge >= 0.3 is 5.97 Å². The molecule has 0 aliphatic carbocycles. The first kappa shape index (κ1) is 21.2. The minimum atomic E-state index is -0.744. The Balaban J connectivity index is 1.97. The molecule has 0 aromatic heterocycles. The van der Waals surface area contributed by atoms with E-state index in [1.165, 1.54) is 0 Å². The van der Waals surface area contributed by atoms with Gasteiger partial charge in [-0.3, -0.25) is 4.79 Å². The van der Waals surface area contributed by atoms with E-state index < -0.39 is 5.97 Å². The number of rotatable bonds is 14. The maximum absolute atomic E-state index is 10.4. The summed E-state index contributed by atoms with van der Waals surface area (Å²) in [6.07, 6.45) is 28.9. The molecular weight excluding hydrogens is 312 g/mol. The molecule has 1 saturated heterocycles. The third kappa shape index (κ3) is 13.1. The first-order chi connectivity index (χ1) is 12.2. The highest BCUT2D eigenvalue weighted by molar-refractivity contribution is 5.66. The van der Waals surface area contributed by atoms with Gasteiger partial charge in [-0.25, -0.2) is 0 Å². The zero-order valence-corrected chi connectivity index (χ0v) is 15.3. The summed E-state index contributed by atoms with van der Waals surface area (Å²) >= 11 is 0. The summed E-state index contributed by atoms with van der Waals surface area (Å²) < 4.78 is 5.65. The van der Waals surface area contributed by atoms with Crippen LogP contribution in [-0.4, -0.2) is 23.3 Å². The Morgan fingerprint density at radius 1 is 0.800 bits per heavy atom. The van der Waals surface area contributed by atoms with Crippen LogP contribution in [0.1, 0.15) is 58.3 Å². The maximum Gasteiger partial charge on any atom is 0.303 e. The van der Waals surface area contributed by atoms with Crippen LogP contribution >= 0.6 is 0 Å². The van der Waals surface area contributed by atoms with Gasteiger partial charge in [0, 0.05) is 6.42 Å². The van der Waals surface area contributed by atoms with Crippen molar-refractivity contribution in [3.63, 3.8) is 0 Å². The molecule has 0 bridgehead atoms. The fraction of sp³-hybridized carbons (Fsp3) is 0.500. The minimum absolute atomic E-state index is 0.205. The summed E-state index contributed by atoms with van der Waals surface area (Å²) in [4.78, 5) is 10.4. The summed E-state index contributed by atoms with van der Waals surface area (Å²) in [5.74, 6) is -0.744. The van der Waals surface area contributed by atoms with E-state index in [4.69, 9.17) is 9.84 Å². The van der Waals surface area contributed by atoms with Crippen LogP contribution in [-0.2, 0) is 9.53 Å². The van der Waals surface area contributed by atoms with Crippen molar-refractivity contribution in [1.29, 1.82) is 0 Å². The fourth-order valence-corrected chi connectivity index (χ4v) is 2.36. The molecule has 1 aliphatic rings. The molecule has 0 aromatic carbocycles. The van der Waals surface area contributed by atoms with Crippen LogP contribution in [0.4, 0.5) is 0 Å². The van der Waals surface area contributed by atoms with Crippen molar-refractivity contribution in [2.45, 2.75) is 70.5 Å². The topological polar surface area (TPSA) is 49.8 Å². The molecule has 0 aromatic rings. The molecule has 1 fully saturated rings. The van der Waals surface area contributed by atoms with E-state index in [9.17, 15) is 4.79 Å². The van der Waals surface area contributed by atoms with Gasteiger partial charge in [0.15, 0.2) is 0 Å². The zero-order chi connectivity index (χ0) is 18.2. The van der Waals surface area contributed by atoms with E-state index in [1.807, 2.05) is 12.2 Å². The Morgan fingerprint density at radius 2 is 1.28 bits per heavy atom. The smallest absolute Gasteiger partial charge is 0.303 e. The van der Waals surface area contributed by atoms with E-state index in [-0.39, 0.29) is 6.42 Å². The van der Waals surface area contributed by atoms with E-state index >= 15 is 0 Å². The van der Waals surface area contributed by atoms with Gasteiger partial charge < -0.3 is 9.84 Å². The van der Waals surface area contributed by atoms with Crippen LogP contribution in [0, 0.1) is 0 Å². The third-order valence-corrected chi connectivity index (χ3v) is 3.83. The maximum atomic E-state index is 10.4. The Kier molecular flexibility index (Phi) is 12.3. The Morgan fingerprint density at radius 3 is 1.80 bits per heavy atom. The molecule has 2 unspecified atom stereocenters. The van der Waals surface area contributed by atoms with Crippen LogP contribution in [0.5, 0.6) is 0 Å². The predicted octanol–water partition coefficient (Wildman–Crippen LogP) is 5.76. The van der Waals surface area contributed by atoms with Crippen LogP contribution in [0.2, 0.25) is 0 Å². The number of aliphatic carboxylic acids is 1. The van der Waals surface area contributed by atoms with Gasteiger partial charge in [-0.1, -0.05) is 67.7 Å². The summed E-state index contributed by atoms with van der Waals surface area (Å²) in [6.45, 7) is 2.15. The predicted molar refractivity (Wildman–Crippen MR) is 105 cm³/mol. The summed E-state index contributed by atoms with van der Waals surface area (Å²) in [5, 5.41) is 8.52. The summed E-state index contributed by atoms with van der Waals surface area (Å²) in [7, 11) is 0. The molecule has 1 N–H and O–H groups in total. The monoisotopic (exact) mass is 344 g/mol. The van der Waals surface area contributed by atoms with Gasteiger partial charge in [-0.15, -0.1) is 0 Å². The lowest BCUT2D eigenvalue weighted by Crippen LogP contribution is -1.91. The minimum Gasteiger partial charge on any atom is -0.481 e. The molecule has 138 valence electrons. The second-order valence-electron chi connectivity index (χ2n) is 6.09. The van der Waals surface area contributed by atoms with E-state index in [2.05, 4.69) is 55.5 Å². The molecule has 1 aliphatic heterocycles. The largest absolute Gasteiger partial charge is 0.481 e. The highest BCUT2D eigenvalue weighted by atomic mass is 16.6. The molecule has 1 heterocycles. The standard InChI is InChI=1S/C22H32O3/c1-2-3-4-5-6-7-8-11-14-17-20-21(25-20)18-15-12-9-10-13-16-19-22(23)24/h3-4,6-7,10-15,20-21H,2,5,8-9,16-19H2,1H3,(H,23,24). The van der Waals surface area contributed by atoms with Crippen molar-refractivity contribution < 1.29 is 14.6 Å². The first-order valence-corrected chi connectivity index (χ1v) is 9.36. The number of epoxide rings is 1. The number of hydrogen-bond donors (Lipinski definition) is 1. The lowest BCUT2D eigenvalue weighted by Gasteiger charge is -1.88. The van der Waals surface area contributed by atoms with Gasteiger partial charge in [-0.2, -0.15) is 0 Å². The number of ether oxygens (including phenoxy) is 1. The molecule has 0 radical (unpaired) electrons. The third-order valence-electron chi connectivity index (χ3n) is 3.83. The Bertz CT molecular complexity index is 497. The second-order valence-corrected chi connectivity index (χ2v) is 6.09. The van der Waals surface area contributed by atoms with Crippen molar-refractivity contribution >= 4 is 5.97 Å². The Hall–Kier alpha value is -1.87. The number of carbonyl (C=O) groups is 1. The van der Waals surface area contributed by atoms with Crippen LogP contribution in [0.3, 0.4) is 0 Å². The Labute approximate surface area is 152 Å². The highest BCUT2D eigenvalue weighted by Gasteiger charge is 2.35. The first-order valence-electron chi connectivity index (χ1n) is 9.36. The van der Waals surface area contributed by atoms with Gasteiger partial charge in [0.25, 0.3) is 0 Å². The average molecular weight is 344 g/mol. The van der Waals surface area contributed by atoms with Gasteiger partial charge in [0.2, 0.25) is 0 Å². The van der Waals surface area contributed by atoms with E-state index in [0.29, 0.717) is 18.6 Å². The zero-order valence-electron chi connectivity index (χ0n) is 15.3. The van der Waals surface area contributed by atoms with Crippen LogP contribution in [0.15, 0.2) is 60.8 Å². The molecule has 0 saturated carbocycles. The number of allylic oxidation sites excluding steroid dienone is 8. The fourth-order valence-electron chi connectivity index (χ4n) is 2.36.